The first-order chi connectivity index (χ1) is 6.68. The average molecular weight is 211 g/mol. The second kappa shape index (κ2) is 3.58. The first-order valence-electron chi connectivity index (χ1n) is 4.62. The number of aromatic nitrogens is 1. The molecule has 1 aromatic heterocycles. The molecule has 3 nitrogen and oxygen atoms in total. The number of carbonyl (C=O) groups is 1. The smallest absolute Gasteiger partial charge is 0.225 e. The van der Waals surface area contributed by atoms with Crippen LogP contribution in [0.25, 0.3) is 0 Å². The highest BCUT2D eigenvalue weighted by Crippen LogP contribution is 2.26. The minimum Gasteiger partial charge on any atom is -0.297 e. The van der Waals surface area contributed by atoms with E-state index in [2.05, 4.69) is 4.98 Å². The average Bonchev–Trinajstić information content (AvgIpc) is 2.16. The van der Waals surface area contributed by atoms with Crippen LogP contribution in [-0.4, -0.2) is 17.4 Å². The number of carbonyl (C=O) groups excluding carboxylic acids is 1. The molecule has 2 heterocycles. The Morgan fingerprint density at radius 2 is 2.36 bits per heavy atom. The number of aryl methyl sites for hydroxylation is 1. The van der Waals surface area contributed by atoms with E-state index >= 15 is 0 Å². The van der Waals surface area contributed by atoms with Gasteiger partial charge in [0, 0.05) is 13.5 Å². The summed E-state index contributed by atoms with van der Waals surface area (Å²) >= 11 is 5.80. The molecule has 0 saturated heterocycles. The van der Waals surface area contributed by atoms with Crippen LogP contribution in [0, 0.1) is 0 Å². The lowest BCUT2D eigenvalue weighted by atomic mass is 10.1. The predicted molar refractivity (Wildman–Crippen MR) is 55.6 cm³/mol. The lowest BCUT2D eigenvalue weighted by Crippen LogP contribution is -2.34. The molecule has 1 aliphatic heterocycles. The summed E-state index contributed by atoms with van der Waals surface area (Å²) in [5, 5.41) is 0.442. The second-order valence-corrected chi connectivity index (χ2v) is 3.78. The first-order valence-corrected chi connectivity index (χ1v) is 5.00. The summed E-state index contributed by atoms with van der Waals surface area (Å²) in [5.41, 5.74) is 1.11. The molecule has 1 aliphatic rings. The summed E-state index contributed by atoms with van der Waals surface area (Å²) in [7, 11) is 0. The monoisotopic (exact) mass is 210 g/mol. The van der Waals surface area contributed by atoms with Gasteiger partial charge in [0.2, 0.25) is 5.91 Å². The Hall–Kier alpha value is -1.09. The summed E-state index contributed by atoms with van der Waals surface area (Å²) in [6.45, 7) is 2.30. The van der Waals surface area contributed by atoms with Crippen LogP contribution in [0.1, 0.15) is 18.9 Å². The van der Waals surface area contributed by atoms with Crippen molar-refractivity contribution in [2.45, 2.75) is 19.8 Å². The molecular formula is C10H11ClN2O. The molecule has 14 heavy (non-hydrogen) atoms. The molecule has 74 valence electrons. The molecule has 0 bridgehead atoms. The molecule has 0 spiro atoms. The SMILES string of the molecule is CC(=O)N1CCCc2ccc(Cl)nc21. The normalized spacial score (nSPS) is 15.1. The maximum Gasteiger partial charge on any atom is 0.225 e. The van der Waals surface area contributed by atoms with Gasteiger partial charge in [-0.3, -0.25) is 9.69 Å². The second-order valence-electron chi connectivity index (χ2n) is 3.39. The van der Waals surface area contributed by atoms with E-state index in [0.29, 0.717) is 5.15 Å². The molecule has 1 aromatic rings. The lowest BCUT2D eigenvalue weighted by molar-refractivity contribution is -0.116. The van der Waals surface area contributed by atoms with Crippen LogP contribution in [0.3, 0.4) is 0 Å². The third-order valence-electron chi connectivity index (χ3n) is 2.39. The van der Waals surface area contributed by atoms with Gasteiger partial charge in [-0.2, -0.15) is 0 Å². The standard InChI is InChI=1S/C10H11ClN2O/c1-7(14)13-6-2-3-8-4-5-9(11)12-10(8)13/h4-5H,2-3,6H2,1H3. The van der Waals surface area contributed by atoms with Crippen molar-refractivity contribution >= 4 is 23.3 Å². The molecule has 1 amide bonds. The summed E-state index contributed by atoms with van der Waals surface area (Å²) < 4.78 is 0. The van der Waals surface area contributed by atoms with Crippen LogP contribution in [-0.2, 0) is 11.2 Å². The molecule has 0 N–H and O–H groups in total. The van der Waals surface area contributed by atoms with E-state index in [1.807, 2.05) is 6.07 Å². The number of nitrogens with zero attached hydrogens (tertiary/aromatic N) is 2. The number of rotatable bonds is 0. The van der Waals surface area contributed by atoms with Gasteiger partial charge in [-0.05, 0) is 24.5 Å². The Labute approximate surface area is 87.7 Å². The van der Waals surface area contributed by atoms with Gasteiger partial charge in [-0.25, -0.2) is 4.98 Å². The molecule has 0 aromatic carbocycles. The summed E-state index contributed by atoms with van der Waals surface area (Å²) in [6, 6.07) is 3.71. The Morgan fingerprint density at radius 3 is 3.07 bits per heavy atom. The highest BCUT2D eigenvalue weighted by Gasteiger charge is 2.21. The van der Waals surface area contributed by atoms with Crippen molar-refractivity contribution in [2.75, 3.05) is 11.4 Å². The van der Waals surface area contributed by atoms with Gasteiger partial charge in [0.1, 0.15) is 11.0 Å². The van der Waals surface area contributed by atoms with E-state index < -0.39 is 0 Å². The van der Waals surface area contributed by atoms with E-state index in [1.165, 1.54) is 0 Å². The van der Waals surface area contributed by atoms with Crippen molar-refractivity contribution in [3.05, 3.63) is 22.8 Å². The van der Waals surface area contributed by atoms with Crippen LogP contribution in [0.5, 0.6) is 0 Å². The Morgan fingerprint density at radius 1 is 1.57 bits per heavy atom. The minimum absolute atomic E-state index is 0.0284. The van der Waals surface area contributed by atoms with Crippen LogP contribution in [0.4, 0.5) is 5.82 Å². The Balaban J connectivity index is 2.46. The molecule has 0 aliphatic carbocycles. The van der Waals surface area contributed by atoms with Crippen LogP contribution in [0.2, 0.25) is 5.15 Å². The predicted octanol–water partition coefficient (Wildman–Crippen LogP) is 2.03. The lowest BCUT2D eigenvalue weighted by Gasteiger charge is -2.27. The van der Waals surface area contributed by atoms with Gasteiger partial charge in [0.25, 0.3) is 0 Å². The molecule has 0 saturated carbocycles. The summed E-state index contributed by atoms with van der Waals surface area (Å²) in [5.74, 6) is 0.761. The zero-order valence-corrected chi connectivity index (χ0v) is 8.71. The fraction of sp³-hybridized carbons (Fsp3) is 0.400. The van der Waals surface area contributed by atoms with Crippen molar-refractivity contribution in [1.82, 2.24) is 4.98 Å². The molecule has 0 atom stereocenters. The Kier molecular flexibility index (Phi) is 2.42. The number of hydrogen-bond acceptors (Lipinski definition) is 2. The van der Waals surface area contributed by atoms with Crippen LogP contribution in [0.15, 0.2) is 12.1 Å². The van der Waals surface area contributed by atoms with Gasteiger partial charge in [0.05, 0.1) is 0 Å². The van der Waals surface area contributed by atoms with E-state index in [-0.39, 0.29) is 5.91 Å². The largest absolute Gasteiger partial charge is 0.297 e. The molecule has 0 radical (unpaired) electrons. The molecule has 0 unspecified atom stereocenters. The molecule has 4 heteroatoms. The maximum atomic E-state index is 11.3. The highest BCUT2D eigenvalue weighted by atomic mass is 35.5. The van der Waals surface area contributed by atoms with Crippen LogP contribution < -0.4 is 4.90 Å². The zero-order chi connectivity index (χ0) is 10.1. The highest BCUT2D eigenvalue weighted by molar-refractivity contribution is 6.29. The fourth-order valence-electron chi connectivity index (χ4n) is 1.72. The summed E-state index contributed by atoms with van der Waals surface area (Å²) in [6.07, 6.45) is 1.97. The Bertz CT molecular complexity index is 378. The quantitative estimate of drug-likeness (QED) is 0.614. The summed E-state index contributed by atoms with van der Waals surface area (Å²) in [4.78, 5) is 17.2. The number of fused-ring (bicyclic) bond motifs is 1. The third kappa shape index (κ3) is 1.60. The molecular weight excluding hydrogens is 200 g/mol. The van der Waals surface area contributed by atoms with Gasteiger partial charge in [-0.15, -0.1) is 0 Å². The maximum absolute atomic E-state index is 11.3. The topological polar surface area (TPSA) is 33.2 Å². The van der Waals surface area contributed by atoms with Gasteiger partial charge in [0.15, 0.2) is 0 Å². The van der Waals surface area contributed by atoms with E-state index in [4.69, 9.17) is 11.6 Å². The number of hydrogen-bond donors (Lipinski definition) is 0. The van der Waals surface area contributed by atoms with Crippen molar-refractivity contribution in [1.29, 1.82) is 0 Å². The first kappa shape index (κ1) is 9.46. The minimum atomic E-state index is 0.0284. The van der Waals surface area contributed by atoms with Crippen molar-refractivity contribution < 1.29 is 4.79 Å². The van der Waals surface area contributed by atoms with Crippen molar-refractivity contribution in [3.8, 4) is 0 Å². The van der Waals surface area contributed by atoms with Gasteiger partial charge in [-0.1, -0.05) is 17.7 Å². The van der Waals surface area contributed by atoms with Gasteiger partial charge < -0.3 is 0 Å². The third-order valence-corrected chi connectivity index (χ3v) is 2.60. The molecule has 2 rings (SSSR count). The van der Waals surface area contributed by atoms with Crippen molar-refractivity contribution in [3.63, 3.8) is 0 Å². The number of halogens is 1. The van der Waals surface area contributed by atoms with Crippen molar-refractivity contribution in [2.24, 2.45) is 0 Å². The number of anilines is 1. The van der Waals surface area contributed by atoms with E-state index in [9.17, 15) is 4.79 Å². The van der Waals surface area contributed by atoms with E-state index in [0.717, 1.165) is 30.8 Å². The van der Waals surface area contributed by atoms with E-state index in [1.54, 1.807) is 17.9 Å². The number of amides is 1. The zero-order valence-electron chi connectivity index (χ0n) is 7.96. The molecule has 0 fully saturated rings. The number of pyridine rings is 1. The van der Waals surface area contributed by atoms with Crippen LogP contribution >= 0.6 is 11.6 Å². The van der Waals surface area contributed by atoms with Gasteiger partial charge >= 0.3 is 0 Å². The fourth-order valence-corrected chi connectivity index (χ4v) is 1.87.